The average molecular weight is 310 g/mol. The Morgan fingerprint density at radius 3 is 2.95 bits per heavy atom. The van der Waals surface area contributed by atoms with E-state index in [1.165, 1.54) is 0 Å². The van der Waals surface area contributed by atoms with Crippen molar-refractivity contribution in [2.45, 2.75) is 45.2 Å². The van der Waals surface area contributed by atoms with Crippen LogP contribution in [0.2, 0.25) is 0 Å². The van der Waals surface area contributed by atoms with Gasteiger partial charge < -0.3 is 10.6 Å². The van der Waals surface area contributed by atoms with Crippen LogP contribution in [0.5, 0.6) is 0 Å². The highest BCUT2D eigenvalue weighted by atomic mass is 32.1. The number of carbonyl (C=O) groups is 3. The Morgan fingerprint density at radius 2 is 2.29 bits per heavy atom. The second kappa shape index (κ2) is 7.16. The molecule has 4 amide bonds. The summed E-state index contributed by atoms with van der Waals surface area (Å²) >= 11 is 1.60. The first-order valence-electron chi connectivity index (χ1n) is 6.90. The number of hydrogen-bond acceptors (Lipinski definition) is 5. The predicted octanol–water partition coefficient (Wildman–Crippen LogP) is 0.700. The molecule has 0 aromatic carbocycles. The summed E-state index contributed by atoms with van der Waals surface area (Å²) in [5.41, 5.74) is 0.851. The molecule has 2 rings (SSSR count). The Balaban J connectivity index is 1.69. The summed E-state index contributed by atoms with van der Waals surface area (Å²) in [4.78, 5) is 38.4. The zero-order valence-electron chi connectivity index (χ0n) is 11.8. The number of nitrogens with zero attached hydrogens (tertiary/aromatic N) is 1. The monoisotopic (exact) mass is 310 g/mol. The molecule has 2 heterocycles. The van der Waals surface area contributed by atoms with Crippen LogP contribution in [0.3, 0.4) is 0 Å². The van der Waals surface area contributed by atoms with Crippen molar-refractivity contribution in [1.82, 2.24) is 20.9 Å². The Kier molecular flexibility index (Phi) is 5.26. The van der Waals surface area contributed by atoms with Gasteiger partial charge in [-0.2, -0.15) is 0 Å². The van der Waals surface area contributed by atoms with Crippen LogP contribution in [0.25, 0.3) is 0 Å². The minimum absolute atomic E-state index is 0.158. The number of nitrogens with one attached hydrogen (secondary N) is 3. The predicted molar refractivity (Wildman–Crippen MR) is 77.7 cm³/mol. The second-order valence-electron chi connectivity index (χ2n) is 4.81. The van der Waals surface area contributed by atoms with Crippen LogP contribution in [0.15, 0.2) is 5.38 Å². The first-order valence-corrected chi connectivity index (χ1v) is 7.77. The summed E-state index contributed by atoms with van der Waals surface area (Å²) in [6, 6.07) is -1.12. The average Bonchev–Trinajstić information content (AvgIpc) is 3.01. The molecule has 21 heavy (non-hydrogen) atoms. The standard InChI is InChI=1S/C13H18N4O3S/c1-2-3-11-15-8(7-21-11)6-14-10(18)5-4-9-12(19)17-13(20)16-9/h7,9H,2-6H2,1H3,(H,14,18)(H2,16,17,19,20)/t9-/m1/s1. The van der Waals surface area contributed by atoms with Crippen molar-refractivity contribution >= 4 is 29.2 Å². The van der Waals surface area contributed by atoms with E-state index in [0.29, 0.717) is 13.0 Å². The molecule has 1 aliphatic heterocycles. The highest BCUT2D eigenvalue weighted by Crippen LogP contribution is 2.11. The number of carbonyl (C=O) groups excluding carboxylic acids is 3. The van der Waals surface area contributed by atoms with Gasteiger partial charge in [0.05, 0.1) is 17.2 Å². The summed E-state index contributed by atoms with van der Waals surface area (Å²) in [6.45, 7) is 2.49. The van der Waals surface area contributed by atoms with Gasteiger partial charge in [0, 0.05) is 11.8 Å². The van der Waals surface area contributed by atoms with Crippen molar-refractivity contribution in [3.63, 3.8) is 0 Å². The van der Waals surface area contributed by atoms with E-state index in [-0.39, 0.29) is 18.2 Å². The summed E-state index contributed by atoms with van der Waals surface area (Å²) in [5, 5.41) is 10.4. The lowest BCUT2D eigenvalue weighted by atomic mass is 10.1. The second-order valence-corrected chi connectivity index (χ2v) is 5.76. The van der Waals surface area contributed by atoms with Crippen molar-refractivity contribution in [2.24, 2.45) is 0 Å². The molecule has 0 bridgehead atoms. The summed E-state index contributed by atoms with van der Waals surface area (Å²) < 4.78 is 0. The summed E-state index contributed by atoms with van der Waals surface area (Å²) in [7, 11) is 0. The van der Waals surface area contributed by atoms with Gasteiger partial charge in [-0.15, -0.1) is 11.3 Å². The van der Waals surface area contributed by atoms with Gasteiger partial charge >= 0.3 is 6.03 Å². The first-order chi connectivity index (χ1) is 10.1. The maximum atomic E-state index is 11.7. The third kappa shape index (κ3) is 4.52. The zero-order chi connectivity index (χ0) is 15.2. The first kappa shape index (κ1) is 15.4. The Hall–Kier alpha value is -1.96. The van der Waals surface area contributed by atoms with Gasteiger partial charge in [0.1, 0.15) is 6.04 Å². The highest BCUT2D eigenvalue weighted by Gasteiger charge is 2.29. The van der Waals surface area contributed by atoms with Gasteiger partial charge in [-0.25, -0.2) is 9.78 Å². The number of imide groups is 1. The Morgan fingerprint density at radius 1 is 1.48 bits per heavy atom. The molecular weight excluding hydrogens is 292 g/mol. The molecule has 0 aliphatic carbocycles. The van der Waals surface area contributed by atoms with E-state index in [1.807, 2.05) is 5.38 Å². The lowest BCUT2D eigenvalue weighted by Gasteiger charge is -2.07. The maximum Gasteiger partial charge on any atom is 0.322 e. The molecular formula is C13H18N4O3S. The van der Waals surface area contributed by atoms with Crippen molar-refractivity contribution in [3.05, 3.63) is 16.1 Å². The van der Waals surface area contributed by atoms with Crippen molar-refractivity contribution in [3.8, 4) is 0 Å². The molecule has 1 aliphatic rings. The van der Waals surface area contributed by atoms with Crippen LogP contribution >= 0.6 is 11.3 Å². The fourth-order valence-corrected chi connectivity index (χ4v) is 2.87. The van der Waals surface area contributed by atoms with E-state index >= 15 is 0 Å². The minimum Gasteiger partial charge on any atom is -0.350 e. The number of rotatable bonds is 7. The molecule has 8 heteroatoms. The molecule has 0 unspecified atom stereocenters. The van der Waals surface area contributed by atoms with Crippen LogP contribution in [0, 0.1) is 0 Å². The van der Waals surface area contributed by atoms with E-state index in [0.717, 1.165) is 23.5 Å². The van der Waals surface area contributed by atoms with Gasteiger partial charge in [0.2, 0.25) is 5.91 Å². The molecule has 1 saturated heterocycles. The molecule has 1 fully saturated rings. The topological polar surface area (TPSA) is 100 Å². The van der Waals surface area contributed by atoms with Crippen LogP contribution in [0.1, 0.15) is 36.9 Å². The van der Waals surface area contributed by atoms with E-state index in [1.54, 1.807) is 11.3 Å². The largest absolute Gasteiger partial charge is 0.350 e. The maximum absolute atomic E-state index is 11.7. The lowest BCUT2D eigenvalue weighted by molar-refractivity contribution is -0.122. The van der Waals surface area contributed by atoms with Crippen LogP contribution in [0.4, 0.5) is 4.79 Å². The molecule has 3 N–H and O–H groups in total. The molecule has 1 atom stereocenters. The minimum atomic E-state index is -0.612. The van der Waals surface area contributed by atoms with Gasteiger partial charge in [0.25, 0.3) is 5.91 Å². The van der Waals surface area contributed by atoms with Crippen molar-refractivity contribution in [1.29, 1.82) is 0 Å². The number of thiazole rings is 1. The summed E-state index contributed by atoms with van der Waals surface area (Å²) in [6.07, 6.45) is 2.48. The summed E-state index contributed by atoms with van der Waals surface area (Å²) in [5.74, 6) is -0.537. The molecule has 1 aromatic rings. The van der Waals surface area contributed by atoms with E-state index in [9.17, 15) is 14.4 Å². The molecule has 0 spiro atoms. The number of amides is 4. The number of aryl methyl sites for hydroxylation is 1. The number of hydrogen-bond donors (Lipinski definition) is 3. The van der Waals surface area contributed by atoms with Crippen LogP contribution < -0.4 is 16.0 Å². The zero-order valence-corrected chi connectivity index (χ0v) is 12.6. The van der Waals surface area contributed by atoms with Gasteiger partial charge in [-0.05, 0) is 19.3 Å². The molecule has 1 aromatic heterocycles. The molecule has 7 nitrogen and oxygen atoms in total. The van der Waals surface area contributed by atoms with Gasteiger partial charge in [0.15, 0.2) is 0 Å². The lowest BCUT2D eigenvalue weighted by Crippen LogP contribution is -2.31. The van der Waals surface area contributed by atoms with E-state index in [2.05, 4.69) is 27.9 Å². The van der Waals surface area contributed by atoms with E-state index < -0.39 is 12.1 Å². The fourth-order valence-electron chi connectivity index (χ4n) is 1.97. The smallest absolute Gasteiger partial charge is 0.322 e. The van der Waals surface area contributed by atoms with Gasteiger partial charge in [-0.1, -0.05) is 6.92 Å². The number of aromatic nitrogens is 1. The van der Waals surface area contributed by atoms with Crippen LogP contribution in [-0.4, -0.2) is 28.9 Å². The van der Waals surface area contributed by atoms with Gasteiger partial charge in [-0.3, -0.25) is 14.9 Å². The highest BCUT2D eigenvalue weighted by molar-refractivity contribution is 7.09. The quantitative estimate of drug-likeness (QED) is 0.645. The number of urea groups is 1. The molecule has 0 saturated carbocycles. The van der Waals surface area contributed by atoms with E-state index in [4.69, 9.17) is 0 Å². The third-order valence-electron chi connectivity index (χ3n) is 3.05. The SMILES string of the molecule is CCCc1nc(CNC(=O)CC[C@H]2NC(=O)NC2=O)cs1. The fraction of sp³-hybridized carbons (Fsp3) is 0.538. The van der Waals surface area contributed by atoms with Crippen molar-refractivity contribution < 1.29 is 14.4 Å². The Bertz CT molecular complexity index is 543. The molecule has 114 valence electrons. The normalized spacial score (nSPS) is 17.5. The Labute approximate surface area is 126 Å². The van der Waals surface area contributed by atoms with Crippen LogP contribution in [-0.2, 0) is 22.6 Å². The molecule has 0 radical (unpaired) electrons. The third-order valence-corrected chi connectivity index (χ3v) is 4.01. The van der Waals surface area contributed by atoms with Crippen molar-refractivity contribution in [2.75, 3.05) is 0 Å².